The van der Waals surface area contributed by atoms with E-state index in [0.29, 0.717) is 15.9 Å². The summed E-state index contributed by atoms with van der Waals surface area (Å²) >= 11 is 4.87. The molecule has 0 aliphatic carbocycles. The zero-order valence-electron chi connectivity index (χ0n) is 10.6. The van der Waals surface area contributed by atoms with Crippen LogP contribution < -0.4 is 0 Å². The zero-order valence-corrected chi connectivity index (χ0v) is 13.8. The predicted molar refractivity (Wildman–Crippen MR) is 81.9 cm³/mol. The molecule has 1 heterocycles. The van der Waals surface area contributed by atoms with E-state index in [4.69, 9.17) is 0 Å². The van der Waals surface area contributed by atoms with E-state index in [2.05, 4.69) is 15.9 Å². The fraction of sp³-hybridized carbons (Fsp3) is 0.231. The van der Waals surface area contributed by atoms with E-state index in [-0.39, 0.29) is 0 Å². The first-order valence-corrected chi connectivity index (χ1v) is 8.78. The Morgan fingerprint density at radius 1 is 1.26 bits per heavy atom. The standard InChI is InChI=1S/C13H14BrNO2S2/c1-10-7-8-18-12(10)9-15(2)19(16,17)13-6-4-3-5-11(13)14/h3-8H,9H2,1-2H3. The molecule has 1 aromatic carbocycles. The van der Waals surface area contributed by atoms with Crippen LogP contribution in [0.1, 0.15) is 10.4 Å². The summed E-state index contributed by atoms with van der Waals surface area (Å²) < 4.78 is 27.0. The largest absolute Gasteiger partial charge is 0.244 e. The average molecular weight is 360 g/mol. The first kappa shape index (κ1) is 14.7. The van der Waals surface area contributed by atoms with Crippen molar-refractivity contribution in [1.29, 1.82) is 0 Å². The molecular formula is C13H14BrNO2S2. The Bertz CT molecular complexity index is 679. The number of aryl methyl sites for hydroxylation is 1. The van der Waals surface area contributed by atoms with E-state index in [1.54, 1.807) is 42.6 Å². The third-order valence-corrected chi connectivity index (χ3v) is 6.68. The van der Waals surface area contributed by atoms with Crippen molar-refractivity contribution < 1.29 is 8.42 Å². The SMILES string of the molecule is Cc1ccsc1CN(C)S(=O)(=O)c1ccccc1Br. The molecule has 0 atom stereocenters. The molecule has 102 valence electrons. The highest BCUT2D eigenvalue weighted by atomic mass is 79.9. The second kappa shape index (κ2) is 5.75. The molecule has 1 aromatic heterocycles. The van der Waals surface area contributed by atoms with Crippen LogP contribution in [0.25, 0.3) is 0 Å². The van der Waals surface area contributed by atoms with Gasteiger partial charge in [-0.1, -0.05) is 12.1 Å². The van der Waals surface area contributed by atoms with Crippen molar-refractivity contribution >= 4 is 37.3 Å². The fourth-order valence-corrected chi connectivity index (χ4v) is 4.81. The van der Waals surface area contributed by atoms with E-state index in [1.165, 1.54) is 4.31 Å². The van der Waals surface area contributed by atoms with Crippen LogP contribution in [-0.2, 0) is 16.6 Å². The molecule has 0 radical (unpaired) electrons. The number of sulfonamides is 1. The summed E-state index contributed by atoms with van der Waals surface area (Å²) in [5, 5.41) is 1.98. The van der Waals surface area contributed by atoms with Crippen molar-refractivity contribution in [3.8, 4) is 0 Å². The quantitative estimate of drug-likeness (QED) is 0.835. The van der Waals surface area contributed by atoms with Crippen molar-refractivity contribution in [2.75, 3.05) is 7.05 Å². The number of hydrogen-bond donors (Lipinski definition) is 0. The van der Waals surface area contributed by atoms with Gasteiger partial charge in [0.15, 0.2) is 0 Å². The van der Waals surface area contributed by atoms with Crippen LogP contribution in [0.5, 0.6) is 0 Å². The molecule has 0 spiro atoms. The molecular weight excluding hydrogens is 346 g/mol. The van der Waals surface area contributed by atoms with E-state index in [0.717, 1.165) is 10.4 Å². The Labute approximate surface area is 126 Å². The molecule has 0 bridgehead atoms. The molecule has 19 heavy (non-hydrogen) atoms. The maximum absolute atomic E-state index is 12.5. The van der Waals surface area contributed by atoms with Gasteiger partial charge in [-0.2, -0.15) is 4.31 Å². The summed E-state index contributed by atoms with van der Waals surface area (Å²) in [6.07, 6.45) is 0. The summed E-state index contributed by atoms with van der Waals surface area (Å²) in [6.45, 7) is 2.39. The monoisotopic (exact) mass is 359 g/mol. The number of thiophene rings is 1. The molecule has 3 nitrogen and oxygen atoms in total. The van der Waals surface area contributed by atoms with Gasteiger partial charge in [-0.25, -0.2) is 8.42 Å². The second-order valence-corrected chi connectivity index (χ2v) is 8.09. The molecule has 0 unspecified atom stereocenters. The lowest BCUT2D eigenvalue weighted by molar-refractivity contribution is 0.468. The van der Waals surface area contributed by atoms with Gasteiger partial charge >= 0.3 is 0 Å². The Morgan fingerprint density at radius 3 is 2.53 bits per heavy atom. The first-order chi connectivity index (χ1) is 8.93. The second-order valence-electron chi connectivity index (χ2n) is 4.22. The summed E-state index contributed by atoms with van der Waals surface area (Å²) in [5.74, 6) is 0. The van der Waals surface area contributed by atoms with Gasteiger partial charge in [0.2, 0.25) is 10.0 Å². The molecule has 0 N–H and O–H groups in total. The van der Waals surface area contributed by atoms with Gasteiger partial charge < -0.3 is 0 Å². The lowest BCUT2D eigenvalue weighted by Gasteiger charge is -2.17. The first-order valence-electron chi connectivity index (χ1n) is 5.67. The molecule has 0 saturated heterocycles. The number of rotatable bonds is 4. The fourth-order valence-electron chi connectivity index (χ4n) is 1.68. The van der Waals surface area contributed by atoms with Crippen LogP contribution in [-0.4, -0.2) is 19.8 Å². The van der Waals surface area contributed by atoms with Crippen LogP contribution in [0.4, 0.5) is 0 Å². The Morgan fingerprint density at radius 2 is 1.95 bits per heavy atom. The number of hydrogen-bond acceptors (Lipinski definition) is 3. The number of benzene rings is 1. The molecule has 0 fully saturated rings. The van der Waals surface area contributed by atoms with E-state index >= 15 is 0 Å². The third-order valence-electron chi connectivity index (χ3n) is 2.86. The van der Waals surface area contributed by atoms with Crippen LogP contribution >= 0.6 is 27.3 Å². The number of nitrogens with zero attached hydrogens (tertiary/aromatic N) is 1. The van der Waals surface area contributed by atoms with Gasteiger partial charge in [-0.05, 0) is 52.0 Å². The molecule has 2 rings (SSSR count). The minimum atomic E-state index is -3.47. The van der Waals surface area contributed by atoms with Crippen molar-refractivity contribution in [2.24, 2.45) is 0 Å². The summed E-state index contributed by atoms with van der Waals surface area (Å²) in [7, 11) is -1.86. The van der Waals surface area contributed by atoms with Gasteiger partial charge in [0, 0.05) is 22.9 Å². The Kier molecular flexibility index (Phi) is 4.45. The highest BCUT2D eigenvalue weighted by molar-refractivity contribution is 9.10. The maximum atomic E-state index is 12.5. The van der Waals surface area contributed by atoms with E-state index in [1.807, 2.05) is 18.4 Å². The summed E-state index contributed by atoms with van der Waals surface area (Å²) in [6, 6.07) is 8.86. The van der Waals surface area contributed by atoms with Crippen molar-refractivity contribution in [3.05, 3.63) is 50.6 Å². The van der Waals surface area contributed by atoms with Crippen molar-refractivity contribution in [3.63, 3.8) is 0 Å². The Balaban J connectivity index is 2.30. The van der Waals surface area contributed by atoms with Gasteiger partial charge in [0.05, 0.1) is 4.90 Å². The minimum absolute atomic E-state index is 0.298. The van der Waals surface area contributed by atoms with E-state index < -0.39 is 10.0 Å². The highest BCUT2D eigenvalue weighted by Crippen LogP contribution is 2.26. The maximum Gasteiger partial charge on any atom is 0.244 e. The lowest BCUT2D eigenvalue weighted by atomic mass is 10.3. The summed E-state index contributed by atoms with van der Waals surface area (Å²) in [5.41, 5.74) is 1.12. The molecule has 0 aliphatic rings. The molecule has 2 aromatic rings. The third kappa shape index (κ3) is 3.08. The van der Waals surface area contributed by atoms with Gasteiger partial charge in [0.25, 0.3) is 0 Å². The molecule has 0 saturated carbocycles. The van der Waals surface area contributed by atoms with Crippen LogP contribution in [0.3, 0.4) is 0 Å². The smallest absolute Gasteiger partial charge is 0.207 e. The van der Waals surface area contributed by atoms with Gasteiger partial charge in [-0.3, -0.25) is 0 Å². The van der Waals surface area contributed by atoms with Gasteiger partial charge in [-0.15, -0.1) is 11.3 Å². The minimum Gasteiger partial charge on any atom is -0.207 e. The van der Waals surface area contributed by atoms with Crippen molar-refractivity contribution in [2.45, 2.75) is 18.4 Å². The van der Waals surface area contributed by atoms with Gasteiger partial charge in [0.1, 0.15) is 0 Å². The van der Waals surface area contributed by atoms with Crippen LogP contribution in [0.2, 0.25) is 0 Å². The average Bonchev–Trinajstić information content (AvgIpc) is 2.75. The normalized spacial score (nSPS) is 12.0. The predicted octanol–water partition coefficient (Wildman–Crippen LogP) is 3.64. The molecule has 0 aliphatic heterocycles. The number of halogens is 1. The zero-order chi connectivity index (χ0) is 14.0. The van der Waals surface area contributed by atoms with Crippen LogP contribution in [0, 0.1) is 6.92 Å². The molecule has 6 heteroatoms. The summed E-state index contributed by atoms with van der Waals surface area (Å²) in [4.78, 5) is 1.37. The van der Waals surface area contributed by atoms with Crippen molar-refractivity contribution in [1.82, 2.24) is 4.31 Å². The topological polar surface area (TPSA) is 37.4 Å². The highest BCUT2D eigenvalue weighted by Gasteiger charge is 2.23. The lowest BCUT2D eigenvalue weighted by Crippen LogP contribution is -2.26. The van der Waals surface area contributed by atoms with E-state index in [9.17, 15) is 8.42 Å². The van der Waals surface area contributed by atoms with Crippen LogP contribution in [0.15, 0.2) is 45.1 Å². The Hall–Kier alpha value is -0.690. The molecule has 0 amide bonds.